The van der Waals surface area contributed by atoms with Gasteiger partial charge in [0.25, 0.3) is 0 Å². The molecule has 0 aliphatic rings. The maximum Gasteiger partial charge on any atom is 0.326 e. The minimum Gasteiger partial charge on any atom is -0.481 e. The number of aromatic amines is 1. The number of imidazole rings is 1. The number of carboxylic acids is 2. The molecule has 0 spiro atoms. The summed E-state index contributed by atoms with van der Waals surface area (Å²) in [5.74, 6) is -6.53. The molecule has 1 rings (SSSR count). The van der Waals surface area contributed by atoms with Gasteiger partial charge in [0, 0.05) is 30.5 Å². The number of aromatic nitrogens is 2. The first kappa shape index (κ1) is 28.4. The third-order valence-electron chi connectivity index (χ3n) is 4.45. The Morgan fingerprint density at radius 3 is 2.09 bits per heavy atom. The van der Waals surface area contributed by atoms with Gasteiger partial charge in [0.05, 0.1) is 18.8 Å². The molecule has 4 atom stereocenters. The Labute approximate surface area is 198 Å². The van der Waals surface area contributed by atoms with Crippen molar-refractivity contribution < 1.29 is 39.0 Å². The largest absolute Gasteiger partial charge is 0.481 e. The van der Waals surface area contributed by atoms with E-state index in [1.165, 1.54) is 12.5 Å². The molecule has 0 saturated heterocycles. The van der Waals surface area contributed by atoms with Crippen molar-refractivity contribution in [2.45, 2.75) is 49.9 Å². The smallest absolute Gasteiger partial charge is 0.326 e. The number of carbonyl (C=O) groups excluding carboxylic acids is 4. The van der Waals surface area contributed by atoms with E-state index in [1.54, 1.807) is 0 Å². The highest BCUT2D eigenvalue weighted by Gasteiger charge is 2.32. The normalized spacial score (nSPS) is 14.2. The van der Waals surface area contributed by atoms with Gasteiger partial charge >= 0.3 is 11.9 Å². The Kier molecular flexibility index (Phi) is 11.5. The molecule has 1 aromatic rings. The SMILES string of the molecule is NC(=O)CCC(NC(=O)C(CC(=O)O)NC(=O)C(Cc1cnc[nH]1)NC(=O)C(N)CS)C(=O)O. The van der Waals surface area contributed by atoms with Crippen molar-refractivity contribution in [3.05, 3.63) is 18.2 Å². The molecule has 0 aromatic carbocycles. The maximum absolute atomic E-state index is 12.9. The van der Waals surface area contributed by atoms with Crippen molar-refractivity contribution in [1.29, 1.82) is 0 Å². The summed E-state index contributed by atoms with van der Waals surface area (Å²) in [6, 6.07) is -5.57. The molecule has 0 aliphatic heterocycles. The minimum atomic E-state index is -1.69. The van der Waals surface area contributed by atoms with Gasteiger partial charge < -0.3 is 42.6 Å². The first-order valence-electron chi connectivity index (χ1n) is 9.92. The van der Waals surface area contributed by atoms with Crippen LogP contribution in [0.2, 0.25) is 0 Å². The lowest BCUT2D eigenvalue weighted by Crippen LogP contribution is -2.58. The molecule has 4 amide bonds. The van der Waals surface area contributed by atoms with Gasteiger partial charge in [-0.1, -0.05) is 0 Å². The molecule has 0 saturated carbocycles. The summed E-state index contributed by atoms with van der Waals surface area (Å²) in [5, 5.41) is 25.1. The van der Waals surface area contributed by atoms with Crippen molar-refractivity contribution in [3.63, 3.8) is 0 Å². The molecule has 1 heterocycles. The van der Waals surface area contributed by atoms with Gasteiger partial charge in [0.1, 0.15) is 18.1 Å². The molecule has 34 heavy (non-hydrogen) atoms. The highest BCUT2D eigenvalue weighted by molar-refractivity contribution is 7.80. The first-order chi connectivity index (χ1) is 15.9. The Morgan fingerprint density at radius 1 is 1.00 bits per heavy atom. The van der Waals surface area contributed by atoms with Gasteiger partial charge in [0.15, 0.2) is 0 Å². The predicted octanol–water partition coefficient (Wildman–Crippen LogP) is -3.51. The monoisotopic (exact) mass is 501 g/mol. The number of nitrogens with two attached hydrogens (primary N) is 2. The number of carbonyl (C=O) groups is 6. The number of hydrogen-bond acceptors (Lipinski definition) is 9. The zero-order valence-corrected chi connectivity index (χ0v) is 18.8. The number of nitrogens with one attached hydrogen (secondary N) is 4. The molecule has 1 aromatic heterocycles. The van der Waals surface area contributed by atoms with Crippen LogP contribution in [-0.4, -0.2) is 85.7 Å². The molecule has 0 aliphatic carbocycles. The quantitative estimate of drug-likeness (QED) is 0.107. The fourth-order valence-corrected chi connectivity index (χ4v) is 2.83. The Hall–Kier alpha value is -3.66. The van der Waals surface area contributed by atoms with E-state index in [1.807, 2.05) is 0 Å². The number of thiol groups is 1. The third kappa shape index (κ3) is 9.86. The highest BCUT2D eigenvalue weighted by atomic mass is 32.1. The Morgan fingerprint density at radius 2 is 1.59 bits per heavy atom. The molecular weight excluding hydrogens is 474 g/mol. The van der Waals surface area contributed by atoms with Crippen LogP contribution in [0.4, 0.5) is 0 Å². The van der Waals surface area contributed by atoms with Gasteiger partial charge in [-0.25, -0.2) is 9.78 Å². The topological polar surface area (TPSA) is 260 Å². The zero-order chi connectivity index (χ0) is 25.8. The lowest BCUT2D eigenvalue weighted by atomic mass is 10.1. The van der Waals surface area contributed by atoms with E-state index in [2.05, 4.69) is 38.5 Å². The van der Waals surface area contributed by atoms with Crippen molar-refractivity contribution in [1.82, 2.24) is 25.9 Å². The van der Waals surface area contributed by atoms with Crippen LogP contribution in [0, 0.1) is 0 Å². The lowest BCUT2D eigenvalue weighted by Gasteiger charge is -2.24. The van der Waals surface area contributed by atoms with E-state index in [-0.39, 0.29) is 25.0 Å². The summed E-state index contributed by atoms with van der Waals surface area (Å²) in [6.45, 7) is 0. The third-order valence-corrected chi connectivity index (χ3v) is 4.84. The average molecular weight is 502 g/mol. The van der Waals surface area contributed by atoms with Crippen LogP contribution in [0.3, 0.4) is 0 Å². The van der Waals surface area contributed by atoms with Crippen molar-refractivity contribution in [2.75, 3.05) is 5.75 Å². The molecule has 0 fully saturated rings. The second-order valence-corrected chi connectivity index (χ2v) is 7.56. The van der Waals surface area contributed by atoms with Crippen LogP contribution in [0.1, 0.15) is 25.0 Å². The highest BCUT2D eigenvalue weighted by Crippen LogP contribution is 2.04. The summed E-state index contributed by atoms with van der Waals surface area (Å²) in [7, 11) is 0. The summed E-state index contributed by atoms with van der Waals surface area (Å²) in [6.07, 6.45) is 1.05. The molecule has 188 valence electrons. The van der Waals surface area contributed by atoms with Crippen LogP contribution in [0.25, 0.3) is 0 Å². The predicted molar refractivity (Wildman–Crippen MR) is 118 cm³/mol. The van der Waals surface area contributed by atoms with Crippen molar-refractivity contribution in [2.24, 2.45) is 11.5 Å². The second kappa shape index (κ2) is 13.8. The maximum atomic E-state index is 12.9. The van der Waals surface area contributed by atoms with Gasteiger partial charge in [-0.3, -0.25) is 24.0 Å². The zero-order valence-electron chi connectivity index (χ0n) is 17.9. The molecule has 10 N–H and O–H groups in total. The molecule has 0 radical (unpaired) electrons. The van der Waals surface area contributed by atoms with Gasteiger partial charge in [-0.15, -0.1) is 0 Å². The second-order valence-electron chi connectivity index (χ2n) is 7.19. The lowest BCUT2D eigenvalue weighted by molar-refractivity contribution is -0.143. The molecule has 15 nitrogen and oxygen atoms in total. The van der Waals surface area contributed by atoms with E-state index >= 15 is 0 Å². The number of hydrogen-bond donors (Lipinski definition) is 9. The molecular formula is C18H27N7O8S. The van der Waals surface area contributed by atoms with E-state index in [4.69, 9.17) is 16.6 Å². The van der Waals surface area contributed by atoms with Crippen molar-refractivity contribution in [3.8, 4) is 0 Å². The molecule has 0 bridgehead atoms. The Bertz CT molecular complexity index is 895. The summed E-state index contributed by atoms with van der Waals surface area (Å²) < 4.78 is 0. The van der Waals surface area contributed by atoms with Crippen molar-refractivity contribution >= 4 is 48.2 Å². The average Bonchev–Trinajstić information content (AvgIpc) is 3.27. The van der Waals surface area contributed by atoms with E-state index in [0.717, 1.165) is 0 Å². The van der Waals surface area contributed by atoms with Gasteiger partial charge in [-0.2, -0.15) is 12.6 Å². The fraction of sp³-hybridized carbons (Fsp3) is 0.500. The van der Waals surface area contributed by atoms with Crippen LogP contribution < -0.4 is 27.4 Å². The Balaban J connectivity index is 3.03. The number of nitrogens with zero attached hydrogens (tertiary/aromatic N) is 1. The summed E-state index contributed by atoms with van der Waals surface area (Å²) >= 11 is 3.92. The van der Waals surface area contributed by atoms with Crippen LogP contribution in [0.15, 0.2) is 12.5 Å². The van der Waals surface area contributed by atoms with Crippen LogP contribution >= 0.6 is 12.6 Å². The summed E-state index contributed by atoms with van der Waals surface area (Å²) in [4.78, 5) is 77.7. The minimum absolute atomic E-state index is 0.0177. The number of rotatable bonds is 15. The van der Waals surface area contributed by atoms with Crippen LogP contribution in [0.5, 0.6) is 0 Å². The van der Waals surface area contributed by atoms with Gasteiger partial charge in [0.2, 0.25) is 23.6 Å². The van der Waals surface area contributed by atoms with E-state index in [9.17, 15) is 33.9 Å². The fourth-order valence-electron chi connectivity index (χ4n) is 2.66. The molecule has 16 heteroatoms. The van der Waals surface area contributed by atoms with Crippen LogP contribution in [-0.2, 0) is 35.2 Å². The number of amides is 4. The number of primary amides is 1. The van der Waals surface area contributed by atoms with E-state index in [0.29, 0.717) is 5.69 Å². The number of aliphatic carboxylic acids is 2. The standard InChI is InChI=1S/C18H27N7O8S/c19-9(6-34)15(29)24-11(3-8-5-21-7-22-8)16(30)25-12(4-14(27)28)17(31)23-10(18(32)33)1-2-13(20)26/h5,7,9-12,34H,1-4,6,19H2,(H2,20,26)(H,21,22)(H,23,31)(H,24,29)(H,25,30)(H,27,28)(H,32,33). The number of H-pyrrole nitrogens is 1. The number of carboxylic acid groups (broad SMARTS) is 2. The van der Waals surface area contributed by atoms with Gasteiger partial charge in [-0.05, 0) is 6.42 Å². The first-order valence-corrected chi connectivity index (χ1v) is 10.6. The van der Waals surface area contributed by atoms with E-state index < -0.39 is 66.2 Å². The summed E-state index contributed by atoms with van der Waals surface area (Å²) in [5.41, 5.74) is 11.0. The molecule has 4 unspecified atom stereocenters.